The van der Waals surface area contributed by atoms with Gasteiger partial charge in [-0.1, -0.05) is 40.2 Å². The quantitative estimate of drug-likeness (QED) is 0.366. The summed E-state index contributed by atoms with van der Waals surface area (Å²) in [6.45, 7) is 7.29. The van der Waals surface area contributed by atoms with Gasteiger partial charge in [0.1, 0.15) is 11.5 Å². The average molecular weight is 322 g/mol. The van der Waals surface area contributed by atoms with Crippen LogP contribution in [0.15, 0.2) is 53.0 Å². The zero-order chi connectivity index (χ0) is 13.7. The Bertz CT molecular complexity index is 909. The summed E-state index contributed by atoms with van der Waals surface area (Å²) in [5, 5.41) is 1.97. The standard InChI is InChI=1S/C17H8BrNO/c1-19-14-7-8-15-17-12(3-2-4-13(14)17)11-6-5-10(18)9-16(11)20-15/h2-9H. The number of nitrogens with zero attached hydrogens (tertiary/aromatic N) is 1. The number of halogens is 1. The molecule has 1 heterocycles. The van der Waals surface area contributed by atoms with E-state index >= 15 is 0 Å². The molecular formula is C17H8BrNO. The summed E-state index contributed by atoms with van der Waals surface area (Å²) in [4.78, 5) is 3.60. The number of hydrogen-bond acceptors (Lipinski definition) is 1. The van der Waals surface area contributed by atoms with E-state index in [2.05, 4.69) is 26.8 Å². The Balaban J connectivity index is 2.17. The molecule has 0 aromatic heterocycles. The number of rotatable bonds is 0. The Kier molecular flexibility index (Phi) is 2.35. The van der Waals surface area contributed by atoms with Crippen molar-refractivity contribution in [3.05, 3.63) is 64.4 Å². The summed E-state index contributed by atoms with van der Waals surface area (Å²) in [7, 11) is 0. The van der Waals surface area contributed by atoms with Gasteiger partial charge in [0, 0.05) is 15.4 Å². The smallest absolute Gasteiger partial charge is 0.195 e. The highest BCUT2D eigenvalue weighted by atomic mass is 79.9. The van der Waals surface area contributed by atoms with Crippen LogP contribution in [0.2, 0.25) is 0 Å². The Morgan fingerprint density at radius 2 is 1.85 bits per heavy atom. The van der Waals surface area contributed by atoms with Crippen LogP contribution in [0.3, 0.4) is 0 Å². The predicted octanol–water partition coefficient (Wildman–Crippen LogP) is 5.93. The largest absolute Gasteiger partial charge is 0.456 e. The van der Waals surface area contributed by atoms with E-state index in [0.29, 0.717) is 5.69 Å². The molecule has 0 radical (unpaired) electrons. The minimum absolute atomic E-state index is 0.662. The van der Waals surface area contributed by atoms with E-state index in [0.717, 1.165) is 37.9 Å². The normalized spacial score (nSPS) is 11.6. The summed E-state index contributed by atoms with van der Waals surface area (Å²) >= 11 is 3.47. The molecule has 0 N–H and O–H groups in total. The monoisotopic (exact) mass is 321 g/mol. The van der Waals surface area contributed by atoms with Gasteiger partial charge < -0.3 is 4.74 Å². The van der Waals surface area contributed by atoms with Gasteiger partial charge in [0.15, 0.2) is 5.69 Å². The van der Waals surface area contributed by atoms with Gasteiger partial charge in [0.05, 0.1) is 6.57 Å². The second-order valence-electron chi connectivity index (χ2n) is 4.67. The second-order valence-corrected chi connectivity index (χ2v) is 5.58. The van der Waals surface area contributed by atoms with Crippen molar-refractivity contribution >= 4 is 32.4 Å². The van der Waals surface area contributed by atoms with Crippen molar-refractivity contribution in [1.82, 2.24) is 0 Å². The molecule has 0 amide bonds. The van der Waals surface area contributed by atoms with Crippen molar-refractivity contribution in [2.75, 3.05) is 0 Å². The first-order chi connectivity index (χ1) is 9.78. The van der Waals surface area contributed by atoms with Crippen molar-refractivity contribution in [2.24, 2.45) is 0 Å². The molecule has 0 spiro atoms. The van der Waals surface area contributed by atoms with Crippen LogP contribution >= 0.6 is 15.9 Å². The SMILES string of the molecule is [C-]#[N+]c1ccc2c3c(cccc13)-c1ccc(Br)cc1O2. The highest BCUT2D eigenvalue weighted by Crippen LogP contribution is 2.48. The number of fused-ring (bicyclic) bond motifs is 2. The molecule has 1 aliphatic rings. The van der Waals surface area contributed by atoms with E-state index in [1.54, 1.807) is 0 Å². The van der Waals surface area contributed by atoms with Crippen LogP contribution in [-0.2, 0) is 0 Å². The summed E-state index contributed by atoms with van der Waals surface area (Å²) in [5.74, 6) is 1.66. The maximum atomic E-state index is 7.29. The van der Waals surface area contributed by atoms with E-state index in [1.165, 1.54) is 0 Å². The molecule has 0 unspecified atom stereocenters. The van der Waals surface area contributed by atoms with E-state index in [4.69, 9.17) is 11.3 Å². The van der Waals surface area contributed by atoms with E-state index in [-0.39, 0.29) is 0 Å². The molecule has 0 aliphatic carbocycles. The zero-order valence-electron chi connectivity index (χ0n) is 10.4. The van der Waals surface area contributed by atoms with Crippen LogP contribution in [0.5, 0.6) is 11.5 Å². The lowest BCUT2D eigenvalue weighted by Crippen LogP contribution is -1.96. The summed E-state index contributed by atoms with van der Waals surface area (Å²) < 4.78 is 6.99. The summed E-state index contributed by atoms with van der Waals surface area (Å²) in [6, 6.07) is 15.8. The third kappa shape index (κ3) is 1.49. The molecule has 3 aromatic carbocycles. The maximum Gasteiger partial charge on any atom is 0.195 e. The molecule has 0 fully saturated rings. The van der Waals surface area contributed by atoms with Gasteiger partial charge in [-0.25, -0.2) is 4.85 Å². The van der Waals surface area contributed by atoms with Crippen molar-refractivity contribution in [3.63, 3.8) is 0 Å². The van der Waals surface area contributed by atoms with Gasteiger partial charge >= 0.3 is 0 Å². The van der Waals surface area contributed by atoms with E-state index < -0.39 is 0 Å². The lowest BCUT2D eigenvalue weighted by molar-refractivity contribution is 0.487. The molecule has 0 saturated carbocycles. The van der Waals surface area contributed by atoms with E-state index in [1.807, 2.05) is 42.5 Å². The highest BCUT2D eigenvalue weighted by molar-refractivity contribution is 9.10. The fraction of sp³-hybridized carbons (Fsp3) is 0. The topological polar surface area (TPSA) is 13.6 Å². The highest BCUT2D eigenvalue weighted by Gasteiger charge is 2.20. The molecule has 3 aromatic rings. The Morgan fingerprint density at radius 3 is 2.70 bits per heavy atom. The molecular weight excluding hydrogens is 314 g/mol. The zero-order valence-corrected chi connectivity index (χ0v) is 11.9. The van der Waals surface area contributed by atoms with Crippen LogP contribution in [0.1, 0.15) is 0 Å². The van der Waals surface area contributed by atoms with Gasteiger partial charge in [-0.15, -0.1) is 0 Å². The lowest BCUT2D eigenvalue weighted by atomic mass is 9.94. The van der Waals surface area contributed by atoms with Crippen molar-refractivity contribution in [3.8, 4) is 22.6 Å². The molecule has 20 heavy (non-hydrogen) atoms. The minimum Gasteiger partial charge on any atom is -0.456 e. The summed E-state index contributed by atoms with van der Waals surface area (Å²) in [6.07, 6.45) is 0. The molecule has 2 nitrogen and oxygen atoms in total. The Morgan fingerprint density at radius 1 is 0.950 bits per heavy atom. The first-order valence-corrected chi connectivity index (χ1v) is 6.98. The van der Waals surface area contributed by atoms with E-state index in [9.17, 15) is 0 Å². The summed E-state index contributed by atoms with van der Waals surface area (Å²) in [5.41, 5.74) is 2.85. The predicted molar refractivity (Wildman–Crippen MR) is 83.4 cm³/mol. The molecule has 0 atom stereocenters. The van der Waals surface area contributed by atoms with Crippen LogP contribution in [0.4, 0.5) is 5.69 Å². The number of benzene rings is 3. The molecule has 0 bridgehead atoms. The van der Waals surface area contributed by atoms with Crippen LogP contribution in [-0.4, -0.2) is 0 Å². The molecule has 4 rings (SSSR count). The van der Waals surface area contributed by atoms with Gasteiger partial charge in [-0.3, -0.25) is 0 Å². The number of ether oxygens (including phenoxy) is 1. The van der Waals surface area contributed by atoms with Crippen molar-refractivity contribution in [2.45, 2.75) is 0 Å². The fourth-order valence-electron chi connectivity index (χ4n) is 2.69. The van der Waals surface area contributed by atoms with Gasteiger partial charge in [0.2, 0.25) is 0 Å². The third-order valence-corrected chi connectivity index (χ3v) is 4.05. The van der Waals surface area contributed by atoms with Crippen LogP contribution in [0, 0.1) is 6.57 Å². The second kappa shape index (κ2) is 4.09. The number of hydrogen-bond donors (Lipinski definition) is 0. The molecule has 94 valence electrons. The van der Waals surface area contributed by atoms with Crippen molar-refractivity contribution < 1.29 is 4.74 Å². The molecule has 3 heteroatoms. The van der Waals surface area contributed by atoms with Crippen molar-refractivity contribution in [1.29, 1.82) is 0 Å². The van der Waals surface area contributed by atoms with Crippen LogP contribution in [0.25, 0.3) is 26.7 Å². The Hall–Kier alpha value is -2.31. The molecule has 0 saturated heterocycles. The first kappa shape index (κ1) is 11.5. The third-order valence-electron chi connectivity index (χ3n) is 3.55. The molecule has 1 aliphatic heterocycles. The first-order valence-electron chi connectivity index (χ1n) is 6.19. The van der Waals surface area contributed by atoms with Crippen LogP contribution < -0.4 is 4.74 Å². The lowest BCUT2D eigenvalue weighted by Gasteiger charge is -2.21. The average Bonchev–Trinajstić information content (AvgIpc) is 2.47. The maximum absolute atomic E-state index is 7.29. The fourth-order valence-corrected chi connectivity index (χ4v) is 3.03. The Labute approximate surface area is 124 Å². The van der Waals surface area contributed by atoms with Gasteiger partial charge in [-0.2, -0.15) is 0 Å². The van der Waals surface area contributed by atoms with Gasteiger partial charge in [-0.05, 0) is 35.2 Å². The van der Waals surface area contributed by atoms with Gasteiger partial charge in [0.25, 0.3) is 0 Å². The minimum atomic E-state index is 0.662.